The number of amides is 1. The summed E-state index contributed by atoms with van der Waals surface area (Å²) in [5.41, 5.74) is 3.46. The molecule has 0 spiro atoms. The first-order valence-electron chi connectivity index (χ1n) is 10.1. The molecule has 8 heteroatoms. The van der Waals surface area contributed by atoms with Gasteiger partial charge < -0.3 is 10.1 Å². The number of carbonyl (C=O) groups excluding carboxylic acids is 1. The zero-order chi connectivity index (χ0) is 22.5. The number of pyridine rings is 1. The highest BCUT2D eigenvalue weighted by molar-refractivity contribution is 8.00. The number of aromatic nitrogens is 4. The van der Waals surface area contributed by atoms with E-state index in [1.165, 1.54) is 11.8 Å². The molecule has 1 amide bonds. The van der Waals surface area contributed by atoms with E-state index in [0.29, 0.717) is 16.7 Å². The van der Waals surface area contributed by atoms with Crippen LogP contribution in [0, 0.1) is 6.92 Å². The van der Waals surface area contributed by atoms with Crippen molar-refractivity contribution >= 4 is 23.4 Å². The van der Waals surface area contributed by atoms with Crippen LogP contribution >= 0.6 is 11.8 Å². The summed E-state index contributed by atoms with van der Waals surface area (Å²) >= 11 is 1.34. The van der Waals surface area contributed by atoms with E-state index < -0.39 is 5.25 Å². The number of methoxy groups -OCH3 is 1. The van der Waals surface area contributed by atoms with Gasteiger partial charge >= 0.3 is 0 Å². The van der Waals surface area contributed by atoms with Gasteiger partial charge in [0.05, 0.1) is 18.0 Å². The molecule has 0 bridgehead atoms. The molecule has 7 nitrogen and oxygen atoms in total. The number of rotatable bonds is 7. The Kier molecular flexibility index (Phi) is 6.51. The lowest BCUT2D eigenvalue weighted by Gasteiger charge is -2.16. The topological polar surface area (TPSA) is 81.9 Å². The fraction of sp³-hybridized carbons (Fsp3) is 0.167. The molecule has 1 N–H and O–H groups in total. The van der Waals surface area contributed by atoms with Crippen molar-refractivity contribution in [1.82, 2.24) is 19.7 Å². The van der Waals surface area contributed by atoms with Gasteiger partial charge in [-0.2, -0.15) is 0 Å². The number of aryl methyl sites for hydroxylation is 1. The van der Waals surface area contributed by atoms with Crippen LogP contribution in [0.3, 0.4) is 0 Å². The normalized spacial score (nSPS) is 11.7. The maximum absolute atomic E-state index is 12.9. The van der Waals surface area contributed by atoms with Crippen LogP contribution in [-0.4, -0.2) is 38.0 Å². The lowest BCUT2D eigenvalue weighted by atomic mass is 10.2. The molecule has 1 unspecified atom stereocenters. The summed E-state index contributed by atoms with van der Waals surface area (Å²) in [5.74, 6) is 1.22. The van der Waals surface area contributed by atoms with Gasteiger partial charge in [-0.05, 0) is 49.7 Å². The summed E-state index contributed by atoms with van der Waals surface area (Å²) in [6, 6.07) is 19.1. The quantitative estimate of drug-likeness (QED) is 0.413. The van der Waals surface area contributed by atoms with Crippen LogP contribution in [0.15, 0.2) is 78.2 Å². The molecule has 0 radical (unpaired) electrons. The van der Waals surface area contributed by atoms with Crippen molar-refractivity contribution in [3.05, 3.63) is 78.6 Å². The third-order valence-electron chi connectivity index (χ3n) is 4.95. The van der Waals surface area contributed by atoms with E-state index in [2.05, 4.69) is 20.5 Å². The number of nitrogens with one attached hydrogen (secondary N) is 1. The van der Waals surface area contributed by atoms with Crippen molar-refractivity contribution in [2.45, 2.75) is 24.3 Å². The lowest BCUT2D eigenvalue weighted by molar-refractivity contribution is -0.115. The number of carbonyl (C=O) groups is 1. The molecule has 162 valence electrons. The first kappa shape index (κ1) is 21.6. The fourth-order valence-electron chi connectivity index (χ4n) is 3.23. The van der Waals surface area contributed by atoms with Crippen molar-refractivity contribution in [2.75, 3.05) is 12.4 Å². The Labute approximate surface area is 190 Å². The molecule has 0 aliphatic carbocycles. The van der Waals surface area contributed by atoms with Gasteiger partial charge in [-0.15, -0.1) is 10.2 Å². The minimum absolute atomic E-state index is 0.107. The number of benzene rings is 2. The van der Waals surface area contributed by atoms with Gasteiger partial charge in [-0.1, -0.05) is 42.1 Å². The van der Waals surface area contributed by atoms with E-state index >= 15 is 0 Å². The second-order valence-electron chi connectivity index (χ2n) is 7.11. The smallest absolute Gasteiger partial charge is 0.237 e. The summed E-state index contributed by atoms with van der Waals surface area (Å²) < 4.78 is 7.50. The first-order valence-corrected chi connectivity index (χ1v) is 11.0. The first-order chi connectivity index (χ1) is 15.6. The Bertz CT molecular complexity index is 1230. The van der Waals surface area contributed by atoms with Crippen LogP contribution < -0.4 is 10.1 Å². The van der Waals surface area contributed by atoms with E-state index in [1.54, 1.807) is 19.5 Å². The number of thioether (sulfide) groups is 1. The second kappa shape index (κ2) is 9.65. The van der Waals surface area contributed by atoms with E-state index in [4.69, 9.17) is 4.74 Å². The number of hydrogen-bond donors (Lipinski definition) is 1. The highest BCUT2D eigenvalue weighted by atomic mass is 32.2. The molecule has 4 aromatic rings. The van der Waals surface area contributed by atoms with Crippen molar-refractivity contribution in [2.24, 2.45) is 0 Å². The molecule has 32 heavy (non-hydrogen) atoms. The number of nitrogens with zero attached hydrogens (tertiary/aromatic N) is 4. The third kappa shape index (κ3) is 4.50. The van der Waals surface area contributed by atoms with Gasteiger partial charge in [0, 0.05) is 23.6 Å². The minimum Gasteiger partial charge on any atom is -0.495 e. The minimum atomic E-state index is -0.405. The average Bonchev–Trinajstić information content (AvgIpc) is 3.24. The Morgan fingerprint density at radius 2 is 1.75 bits per heavy atom. The highest BCUT2D eigenvalue weighted by Gasteiger charge is 2.23. The number of hydrogen-bond acceptors (Lipinski definition) is 6. The molecule has 2 aromatic heterocycles. The summed E-state index contributed by atoms with van der Waals surface area (Å²) in [6.45, 7) is 3.82. The zero-order valence-electron chi connectivity index (χ0n) is 18.0. The van der Waals surface area contributed by atoms with Crippen LogP contribution in [0.1, 0.15) is 12.5 Å². The van der Waals surface area contributed by atoms with Crippen LogP contribution in [0.4, 0.5) is 5.69 Å². The largest absolute Gasteiger partial charge is 0.495 e. The van der Waals surface area contributed by atoms with E-state index in [-0.39, 0.29) is 5.91 Å². The van der Waals surface area contributed by atoms with Crippen molar-refractivity contribution < 1.29 is 9.53 Å². The van der Waals surface area contributed by atoms with Crippen molar-refractivity contribution in [1.29, 1.82) is 0 Å². The van der Waals surface area contributed by atoms with Crippen LogP contribution in [0.5, 0.6) is 5.75 Å². The summed E-state index contributed by atoms with van der Waals surface area (Å²) in [6.07, 6.45) is 3.42. The highest BCUT2D eigenvalue weighted by Crippen LogP contribution is 2.34. The fourth-order valence-corrected chi connectivity index (χ4v) is 4.09. The molecule has 2 heterocycles. The van der Waals surface area contributed by atoms with Gasteiger partial charge in [0.15, 0.2) is 11.0 Å². The summed E-state index contributed by atoms with van der Waals surface area (Å²) in [7, 11) is 1.63. The maximum atomic E-state index is 12.9. The SMILES string of the molecule is COc1ccccc1-n1c(SC(C)C(=O)Nc2ccccc2C)nnc1-c1ccncc1. The Morgan fingerprint density at radius 3 is 2.50 bits per heavy atom. The number of anilines is 1. The van der Waals surface area contributed by atoms with E-state index in [1.807, 2.05) is 79.1 Å². The molecule has 0 aliphatic rings. The van der Waals surface area contributed by atoms with Crippen molar-refractivity contribution in [3.63, 3.8) is 0 Å². The van der Waals surface area contributed by atoms with E-state index in [0.717, 1.165) is 22.5 Å². The van der Waals surface area contributed by atoms with Gasteiger partial charge in [-0.25, -0.2) is 0 Å². The van der Waals surface area contributed by atoms with Gasteiger partial charge in [0.2, 0.25) is 5.91 Å². The van der Waals surface area contributed by atoms with Gasteiger partial charge in [0.1, 0.15) is 5.75 Å². The molecule has 0 saturated heterocycles. The molecule has 4 rings (SSSR count). The number of ether oxygens (including phenoxy) is 1. The monoisotopic (exact) mass is 445 g/mol. The second-order valence-corrected chi connectivity index (χ2v) is 8.42. The van der Waals surface area contributed by atoms with Gasteiger partial charge in [-0.3, -0.25) is 14.3 Å². The molecule has 0 fully saturated rings. The third-order valence-corrected chi connectivity index (χ3v) is 5.99. The summed E-state index contributed by atoms with van der Waals surface area (Å²) in [5, 5.41) is 12.0. The van der Waals surface area contributed by atoms with Crippen molar-refractivity contribution in [3.8, 4) is 22.8 Å². The molecule has 1 atom stereocenters. The predicted molar refractivity (Wildman–Crippen MR) is 126 cm³/mol. The van der Waals surface area contributed by atoms with Crippen LogP contribution in [0.25, 0.3) is 17.1 Å². The molecular formula is C24H23N5O2S. The van der Waals surface area contributed by atoms with E-state index in [9.17, 15) is 4.79 Å². The lowest BCUT2D eigenvalue weighted by Crippen LogP contribution is -2.23. The van der Waals surface area contributed by atoms with Gasteiger partial charge in [0.25, 0.3) is 0 Å². The molecular weight excluding hydrogens is 422 g/mol. The number of para-hydroxylation sites is 3. The predicted octanol–water partition coefficient (Wildman–Crippen LogP) is 4.77. The molecule has 0 saturated carbocycles. The zero-order valence-corrected chi connectivity index (χ0v) is 18.8. The Hall–Kier alpha value is -3.65. The molecule has 2 aromatic carbocycles. The molecule has 0 aliphatic heterocycles. The van der Waals surface area contributed by atoms with Crippen LogP contribution in [-0.2, 0) is 4.79 Å². The summed E-state index contributed by atoms with van der Waals surface area (Å²) in [4.78, 5) is 17.0. The Morgan fingerprint density at radius 1 is 1.03 bits per heavy atom. The Balaban J connectivity index is 1.69. The standard InChI is InChI=1S/C24H23N5O2S/c1-16-8-4-5-9-19(16)26-23(30)17(2)32-24-28-27-22(18-12-14-25-15-13-18)29(24)20-10-6-7-11-21(20)31-3/h4-15,17H,1-3H3,(H,26,30). The average molecular weight is 446 g/mol. The van der Waals surface area contributed by atoms with Crippen LogP contribution in [0.2, 0.25) is 0 Å². The maximum Gasteiger partial charge on any atom is 0.237 e.